The second-order valence-corrected chi connectivity index (χ2v) is 5.11. The highest BCUT2D eigenvalue weighted by Gasteiger charge is 2.08. The molecule has 1 amide bonds. The van der Waals surface area contributed by atoms with Crippen LogP contribution in [0.4, 0.5) is 10.1 Å². The second kappa shape index (κ2) is 6.87. The number of para-hydroxylation sites is 1. The number of nitrogens with one attached hydrogen (secondary N) is 1. The first-order valence-electron chi connectivity index (χ1n) is 7.24. The zero-order chi connectivity index (χ0) is 16.9. The molecule has 2 aromatic carbocycles. The van der Waals surface area contributed by atoms with E-state index in [2.05, 4.69) is 15.3 Å². The molecule has 0 atom stereocenters. The van der Waals surface area contributed by atoms with E-state index in [9.17, 15) is 9.18 Å². The summed E-state index contributed by atoms with van der Waals surface area (Å²) in [6, 6.07) is 13.2. The fourth-order valence-corrected chi connectivity index (χ4v) is 2.05. The van der Waals surface area contributed by atoms with E-state index in [0.29, 0.717) is 11.3 Å². The van der Waals surface area contributed by atoms with Gasteiger partial charge in [-0.3, -0.25) is 4.79 Å². The third kappa shape index (κ3) is 3.73. The van der Waals surface area contributed by atoms with Crippen molar-refractivity contribution in [3.8, 4) is 11.8 Å². The molecule has 6 heteroatoms. The Hall–Kier alpha value is -3.28. The number of halogens is 1. The van der Waals surface area contributed by atoms with Gasteiger partial charge in [-0.15, -0.1) is 0 Å². The summed E-state index contributed by atoms with van der Waals surface area (Å²) in [4.78, 5) is 20.1. The van der Waals surface area contributed by atoms with Gasteiger partial charge >= 0.3 is 6.01 Å². The van der Waals surface area contributed by atoms with E-state index in [1.54, 1.807) is 24.3 Å². The lowest BCUT2D eigenvalue weighted by Crippen LogP contribution is -2.12. The number of amides is 1. The number of carbonyl (C=O) groups is 1. The predicted octanol–water partition coefficient (Wildman–Crippen LogP) is 3.97. The molecule has 1 aromatic heterocycles. The lowest BCUT2D eigenvalue weighted by atomic mass is 10.1. The van der Waals surface area contributed by atoms with E-state index in [-0.39, 0.29) is 17.7 Å². The van der Waals surface area contributed by atoms with Gasteiger partial charge in [-0.05, 0) is 31.2 Å². The highest BCUT2D eigenvalue weighted by atomic mass is 19.1. The summed E-state index contributed by atoms with van der Waals surface area (Å²) in [6.45, 7) is 1.91. The lowest BCUT2D eigenvalue weighted by molar-refractivity contribution is 0.102. The highest BCUT2D eigenvalue weighted by molar-refractivity contribution is 6.04. The van der Waals surface area contributed by atoms with Crippen LogP contribution in [0.1, 0.15) is 15.9 Å². The van der Waals surface area contributed by atoms with Crippen LogP contribution in [0.15, 0.2) is 60.9 Å². The zero-order valence-electron chi connectivity index (χ0n) is 12.9. The number of aromatic nitrogens is 2. The summed E-state index contributed by atoms with van der Waals surface area (Å²) in [6.07, 6.45) is 2.80. The average molecular weight is 323 g/mol. The summed E-state index contributed by atoms with van der Waals surface area (Å²) in [5, 5.41) is 2.69. The molecular formula is C18H14FN3O2. The standard InChI is InChI=1S/C18H14FN3O2/c1-12-5-4-6-13(9-12)17(23)22-14-10-20-18(21-11-14)24-16-8-3-2-7-15(16)19/h2-11H,1H3,(H,22,23). The lowest BCUT2D eigenvalue weighted by Gasteiger charge is -2.07. The van der Waals surface area contributed by atoms with Gasteiger partial charge in [0.2, 0.25) is 0 Å². The van der Waals surface area contributed by atoms with Crippen molar-refractivity contribution in [3.05, 3.63) is 77.9 Å². The Morgan fingerprint density at radius 3 is 2.54 bits per heavy atom. The van der Waals surface area contributed by atoms with Crippen LogP contribution in [0.3, 0.4) is 0 Å². The minimum Gasteiger partial charge on any atom is -0.421 e. The summed E-state index contributed by atoms with van der Waals surface area (Å²) >= 11 is 0. The first-order valence-corrected chi connectivity index (χ1v) is 7.24. The molecule has 0 aliphatic carbocycles. The molecule has 0 unspecified atom stereocenters. The van der Waals surface area contributed by atoms with Crippen LogP contribution in [-0.4, -0.2) is 15.9 Å². The Morgan fingerprint density at radius 1 is 1.08 bits per heavy atom. The number of rotatable bonds is 4. The van der Waals surface area contributed by atoms with Crippen molar-refractivity contribution in [2.45, 2.75) is 6.92 Å². The number of benzene rings is 2. The number of carbonyl (C=O) groups excluding carboxylic acids is 1. The van der Waals surface area contributed by atoms with E-state index in [0.717, 1.165) is 5.56 Å². The van der Waals surface area contributed by atoms with E-state index in [1.807, 2.05) is 19.1 Å². The third-order valence-corrected chi connectivity index (χ3v) is 3.20. The fourth-order valence-electron chi connectivity index (χ4n) is 2.05. The largest absolute Gasteiger partial charge is 0.421 e. The Bertz CT molecular complexity index is 866. The van der Waals surface area contributed by atoms with Crippen LogP contribution in [0.5, 0.6) is 11.8 Å². The number of nitrogens with zero attached hydrogens (tertiary/aromatic N) is 2. The maximum atomic E-state index is 13.5. The number of anilines is 1. The number of aryl methyl sites for hydroxylation is 1. The molecule has 3 aromatic rings. The van der Waals surface area contributed by atoms with E-state index < -0.39 is 5.82 Å². The van der Waals surface area contributed by atoms with Gasteiger partial charge in [-0.2, -0.15) is 0 Å². The van der Waals surface area contributed by atoms with Crippen LogP contribution < -0.4 is 10.1 Å². The SMILES string of the molecule is Cc1cccc(C(=O)Nc2cnc(Oc3ccccc3F)nc2)c1. The second-order valence-electron chi connectivity index (χ2n) is 5.11. The van der Waals surface area contributed by atoms with Crippen LogP contribution >= 0.6 is 0 Å². The fraction of sp³-hybridized carbons (Fsp3) is 0.0556. The average Bonchev–Trinajstić information content (AvgIpc) is 2.58. The summed E-state index contributed by atoms with van der Waals surface area (Å²) < 4.78 is 18.8. The van der Waals surface area contributed by atoms with Crippen molar-refractivity contribution in [2.75, 3.05) is 5.32 Å². The van der Waals surface area contributed by atoms with Gasteiger partial charge in [-0.25, -0.2) is 14.4 Å². The van der Waals surface area contributed by atoms with Crippen molar-refractivity contribution in [1.82, 2.24) is 9.97 Å². The molecule has 0 saturated carbocycles. The summed E-state index contributed by atoms with van der Waals surface area (Å²) in [5.41, 5.74) is 1.96. The van der Waals surface area contributed by atoms with Gasteiger partial charge in [0.05, 0.1) is 18.1 Å². The molecule has 1 N–H and O–H groups in total. The molecule has 0 bridgehead atoms. The third-order valence-electron chi connectivity index (χ3n) is 3.20. The van der Waals surface area contributed by atoms with E-state index in [4.69, 9.17) is 4.74 Å². The maximum absolute atomic E-state index is 13.5. The van der Waals surface area contributed by atoms with Crippen molar-refractivity contribution >= 4 is 11.6 Å². The number of ether oxygens (including phenoxy) is 1. The number of hydrogen-bond acceptors (Lipinski definition) is 4. The van der Waals surface area contributed by atoms with Crippen LogP contribution in [0, 0.1) is 12.7 Å². The van der Waals surface area contributed by atoms with E-state index >= 15 is 0 Å². The normalized spacial score (nSPS) is 10.2. The summed E-state index contributed by atoms with van der Waals surface area (Å²) in [7, 11) is 0. The zero-order valence-corrected chi connectivity index (χ0v) is 12.9. The Morgan fingerprint density at radius 2 is 1.83 bits per heavy atom. The minimum absolute atomic E-state index is 0.00588. The van der Waals surface area contributed by atoms with Crippen molar-refractivity contribution in [3.63, 3.8) is 0 Å². The Labute approximate surface area is 138 Å². The Balaban J connectivity index is 1.68. The molecule has 0 aliphatic heterocycles. The quantitative estimate of drug-likeness (QED) is 0.789. The van der Waals surface area contributed by atoms with Crippen LogP contribution in [0.25, 0.3) is 0 Å². The molecule has 0 radical (unpaired) electrons. The molecule has 0 spiro atoms. The molecule has 0 saturated heterocycles. The number of hydrogen-bond donors (Lipinski definition) is 1. The topological polar surface area (TPSA) is 64.1 Å². The molecule has 5 nitrogen and oxygen atoms in total. The molecule has 120 valence electrons. The van der Waals surface area contributed by atoms with Gasteiger partial charge in [0.1, 0.15) is 0 Å². The molecule has 0 fully saturated rings. The highest BCUT2D eigenvalue weighted by Crippen LogP contribution is 2.21. The van der Waals surface area contributed by atoms with E-state index in [1.165, 1.54) is 24.5 Å². The monoisotopic (exact) mass is 323 g/mol. The predicted molar refractivity (Wildman–Crippen MR) is 87.6 cm³/mol. The molecule has 24 heavy (non-hydrogen) atoms. The van der Waals surface area contributed by atoms with Crippen molar-refractivity contribution in [1.29, 1.82) is 0 Å². The van der Waals surface area contributed by atoms with Crippen LogP contribution in [0.2, 0.25) is 0 Å². The van der Waals surface area contributed by atoms with Gasteiger partial charge in [0.25, 0.3) is 5.91 Å². The van der Waals surface area contributed by atoms with Gasteiger partial charge in [0.15, 0.2) is 11.6 Å². The first-order chi connectivity index (χ1) is 11.6. The van der Waals surface area contributed by atoms with Gasteiger partial charge < -0.3 is 10.1 Å². The Kier molecular flexibility index (Phi) is 4.47. The minimum atomic E-state index is -0.502. The maximum Gasteiger partial charge on any atom is 0.322 e. The first kappa shape index (κ1) is 15.6. The molecular weight excluding hydrogens is 309 g/mol. The molecule has 0 aliphatic rings. The van der Waals surface area contributed by atoms with Crippen LogP contribution in [-0.2, 0) is 0 Å². The van der Waals surface area contributed by atoms with Gasteiger partial charge in [-0.1, -0.05) is 29.8 Å². The summed E-state index contributed by atoms with van der Waals surface area (Å²) in [5.74, 6) is -0.725. The van der Waals surface area contributed by atoms with Crippen molar-refractivity contribution in [2.24, 2.45) is 0 Å². The smallest absolute Gasteiger partial charge is 0.322 e. The molecule has 3 rings (SSSR count). The van der Waals surface area contributed by atoms with Crippen molar-refractivity contribution < 1.29 is 13.9 Å². The van der Waals surface area contributed by atoms with Gasteiger partial charge in [0, 0.05) is 5.56 Å². The molecule has 1 heterocycles.